The number of aromatic nitrogens is 9. The minimum absolute atomic E-state index is 0.00981. The molecule has 6 fully saturated rings. The van der Waals surface area contributed by atoms with Gasteiger partial charge in [-0.3, -0.25) is 19.2 Å². The molecule has 115 heavy (non-hydrogen) atoms. The highest BCUT2D eigenvalue weighted by atomic mass is 16.8. The van der Waals surface area contributed by atoms with Gasteiger partial charge in [0.15, 0.2) is 18.9 Å². The van der Waals surface area contributed by atoms with Gasteiger partial charge in [0, 0.05) is 27.2 Å². The molecule has 3 aromatic rings. The summed E-state index contributed by atoms with van der Waals surface area (Å²) in [6.45, 7) is 11.1. The van der Waals surface area contributed by atoms with Gasteiger partial charge in [-0.15, -0.1) is 15.3 Å². The molecule has 6 aliphatic rings. The minimum atomic E-state index is -1.34. The Morgan fingerprint density at radius 3 is 0.974 bits per heavy atom. The lowest BCUT2D eigenvalue weighted by molar-refractivity contribution is -0.238. The van der Waals surface area contributed by atoms with Crippen LogP contribution < -0.4 is 27.0 Å². The van der Waals surface area contributed by atoms with Crippen molar-refractivity contribution in [2.24, 2.45) is 5.73 Å². The summed E-state index contributed by atoms with van der Waals surface area (Å²) in [5.74, 6) is -1.42. The maximum atomic E-state index is 13.9. The second-order valence-electron chi connectivity index (χ2n) is 28.6. The zero-order chi connectivity index (χ0) is 81.7. The molecule has 0 aliphatic carbocycles. The van der Waals surface area contributed by atoms with Gasteiger partial charge in [-0.25, -0.2) is 14.0 Å². The fourth-order valence-corrected chi connectivity index (χ4v) is 13.2. The molecule has 3 aromatic heterocycles. The Morgan fingerprint density at radius 2 is 0.696 bits per heavy atom. The molecule has 45 heteroatoms. The van der Waals surface area contributed by atoms with Crippen molar-refractivity contribution in [2.45, 2.75) is 182 Å². The van der Waals surface area contributed by atoms with Gasteiger partial charge in [-0.1, -0.05) is 22.1 Å². The quantitative estimate of drug-likeness (QED) is 0.0234. The Hall–Kier alpha value is -5.82. The maximum absolute atomic E-state index is 13.9. The number of aliphatic hydroxyl groups is 6. The van der Waals surface area contributed by atoms with Crippen LogP contribution in [0.4, 0.5) is 0 Å². The smallest absolute Gasteiger partial charge is 0.220 e. The molecule has 4 amide bonds. The third-order valence-corrected chi connectivity index (χ3v) is 19.1. The Balaban J connectivity index is 0.663. The molecule has 6 bridgehead atoms. The van der Waals surface area contributed by atoms with E-state index >= 15 is 0 Å². The molecule has 0 unspecified atom stereocenters. The van der Waals surface area contributed by atoms with E-state index in [-0.39, 0.29) is 149 Å². The second kappa shape index (κ2) is 49.0. The van der Waals surface area contributed by atoms with Crippen molar-refractivity contribution in [3.63, 3.8) is 0 Å². The van der Waals surface area contributed by atoms with Crippen molar-refractivity contribution < 1.29 is 149 Å². The largest absolute Gasteiger partial charge is 0.388 e. The molecule has 654 valence electrons. The lowest BCUT2D eigenvalue weighted by atomic mass is 9.88. The number of unbranched alkanes of at least 4 members (excludes halogenated alkanes) is 2. The minimum Gasteiger partial charge on any atom is -0.388 e. The van der Waals surface area contributed by atoms with Crippen molar-refractivity contribution in [2.75, 3.05) is 205 Å². The van der Waals surface area contributed by atoms with Crippen molar-refractivity contribution in [3.05, 3.63) is 35.7 Å². The number of carbonyl (C=O) groups is 4. The van der Waals surface area contributed by atoms with E-state index in [1.54, 1.807) is 32.6 Å². The Kier molecular flexibility index (Phi) is 39.7. The van der Waals surface area contributed by atoms with E-state index in [2.05, 4.69) is 52.2 Å². The van der Waals surface area contributed by atoms with Crippen molar-refractivity contribution >= 4 is 23.6 Å². The van der Waals surface area contributed by atoms with Crippen molar-refractivity contribution in [3.8, 4) is 0 Å². The SMILES string of the molecule is CC(=O)N[C@H]1[C@H]2OC[C@](COCCOCCOCCOCCn3cc(COCC(COCc4cn(CCOCCOCCOCCOC[C@@]56CO[C@@H](O5)[C@H](NC(C)=O)[C@@H](O)[C@H]6O)nn4)(COCc4cn(CCOCCOCCOCCOC[C@@]56CO[C@@H](O5)[C@H](NC(C)=O)[C@@H](O)[C@H]6O)nn4)NC(=O)CCCCCN)nn3)(O2)[C@H](O)[C@@H]1O. The monoisotopic (exact) mass is 1650 g/mol. The molecular formula is C70H118N14O31. The first kappa shape index (κ1) is 93.1. The van der Waals surface area contributed by atoms with Crippen LogP contribution in [0.2, 0.25) is 0 Å². The number of rotatable bonds is 63. The molecule has 15 atom stereocenters. The van der Waals surface area contributed by atoms with Gasteiger partial charge in [0.1, 0.15) is 94.2 Å². The van der Waals surface area contributed by atoms with Crippen molar-refractivity contribution in [1.29, 1.82) is 0 Å². The van der Waals surface area contributed by atoms with E-state index in [0.29, 0.717) is 149 Å². The van der Waals surface area contributed by atoms with Gasteiger partial charge in [-0.05, 0) is 19.4 Å². The summed E-state index contributed by atoms with van der Waals surface area (Å²) >= 11 is 0. The summed E-state index contributed by atoms with van der Waals surface area (Å²) in [6, 6.07) is -2.71. The normalized spacial score (nSPS) is 26.9. The first-order chi connectivity index (χ1) is 55.7. The van der Waals surface area contributed by atoms with Gasteiger partial charge in [-0.2, -0.15) is 0 Å². The third-order valence-electron chi connectivity index (χ3n) is 19.1. The molecule has 45 nitrogen and oxygen atoms in total. The number of fused-ring (bicyclic) bond motifs is 6. The lowest BCUT2D eigenvalue weighted by Gasteiger charge is -2.42. The summed E-state index contributed by atoms with van der Waals surface area (Å²) in [4.78, 5) is 48.5. The molecule has 6 saturated heterocycles. The average Bonchev–Trinajstić information content (AvgIpc) is 1.62. The van der Waals surface area contributed by atoms with E-state index in [9.17, 15) is 49.8 Å². The second-order valence-corrected chi connectivity index (χ2v) is 28.6. The van der Waals surface area contributed by atoms with E-state index < -0.39 is 96.0 Å². The van der Waals surface area contributed by atoms with Crippen LogP contribution >= 0.6 is 0 Å². The molecule has 0 saturated carbocycles. The summed E-state index contributed by atoms with van der Waals surface area (Å²) in [5, 5.41) is 101. The maximum Gasteiger partial charge on any atom is 0.220 e. The summed E-state index contributed by atoms with van der Waals surface area (Å²) in [7, 11) is 0. The van der Waals surface area contributed by atoms with Crippen LogP contribution in [0.5, 0.6) is 0 Å². The van der Waals surface area contributed by atoms with Crippen LogP contribution in [-0.2, 0) is 158 Å². The topological polar surface area (TPSA) is 550 Å². The molecule has 0 radical (unpaired) electrons. The van der Waals surface area contributed by atoms with Crippen LogP contribution in [0, 0.1) is 0 Å². The fourth-order valence-electron chi connectivity index (χ4n) is 13.2. The Morgan fingerprint density at radius 1 is 0.417 bits per heavy atom. The van der Waals surface area contributed by atoms with Crippen LogP contribution in [0.25, 0.3) is 0 Å². The number of hydrogen-bond acceptors (Lipinski definition) is 38. The van der Waals surface area contributed by atoms with Crippen LogP contribution in [0.15, 0.2) is 18.6 Å². The van der Waals surface area contributed by atoms with Crippen LogP contribution in [0.1, 0.15) is 63.5 Å². The fraction of sp³-hybridized carbons (Fsp3) is 0.857. The van der Waals surface area contributed by atoms with Crippen LogP contribution in [-0.4, -0.2) is 400 Å². The predicted molar refractivity (Wildman–Crippen MR) is 387 cm³/mol. The van der Waals surface area contributed by atoms with Gasteiger partial charge in [0.25, 0.3) is 0 Å². The average molecular weight is 1650 g/mol. The molecule has 6 aliphatic heterocycles. The molecule has 9 heterocycles. The number of aliphatic hydroxyl groups excluding tert-OH is 6. The number of carbonyl (C=O) groups excluding carboxylic acids is 4. The Bertz CT molecular complexity index is 2980. The summed E-state index contributed by atoms with van der Waals surface area (Å²) < 4.78 is 126. The molecule has 0 aromatic carbocycles. The first-order valence-electron chi connectivity index (χ1n) is 38.9. The van der Waals surface area contributed by atoms with Gasteiger partial charge < -0.3 is 157 Å². The van der Waals surface area contributed by atoms with E-state index in [4.69, 9.17) is 105 Å². The first-order valence-corrected chi connectivity index (χ1v) is 38.9. The highest BCUT2D eigenvalue weighted by molar-refractivity contribution is 5.77. The number of nitrogens with two attached hydrogens (primary N) is 1. The lowest BCUT2D eigenvalue weighted by Crippen LogP contribution is -2.66. The van der Waals surface area contributed by atoms with E-state index in [1.807, 2.05) is 0 Å². The van der Waals surface area contributed by atoms with Crippen molar-refractivity contribution in [1.82, 2.24) is 66.2 Å². The third kappa shape index (κ3) is 29.5. The molecule has 12 N–H and O–H groups in total. The van der Waals surface area contributed by atoms with E-state index in [1.165, 1.54) is 20.8 Å². The summed E-state index contributed by atoms with van der Waals surface area (Å²) in [6.07, 6.45) is -3.10. The number of hydrogen-bond donors (Lipinski definition) is 11. The number of amides is 4. The van der Waals surface area contributed by atoms with E-state index in [0.717, 1.165) is 12.8 Å². The number of nitrogens with zero attached hydrogens (tertiary/aromatic N) is 9. The van der Waals surface area contributed by atoms with Gasteiger partial charge in [0.2, 0.25) is 23.6 Å². The predicted octanol–water partition coefficient (Wildman–Crippen LogP) is -6.96. The highest BCUT2D eigenvalue weighted by Crippen LogP contribution is 2.40. The molecule has 9 rings (SSSR count). The number of ether oxygens (including phenoxy) is 21. The standard InChI is InChI=1S/C70H118N14O31/c1-48(85)72-55-58(89)61(92)68(45-110-64(55)113-68)42-104-30-27-101-24-21-98-18-15-95-12-9-82-33-51(76-79-82)36-107-39-67(75-54(88)7-5-4-6-8-71,40-108-37-52-34-83(80-77-52)10-13-96-16-19-99-22-25-102-28-31-105-43-69-46-111-65(114-69)56(73-49(2)86)59(90)62(69)93)41-109-38-53-35-84(81-78-53)11-14-97-17-20-100-23-26-103-29-32-106-44-70-47-112-66(115-70)57(74-50(3)87)60(91)63(70)94/h33-35,55-66,89-94H,4-32,36-47,71H2,1-3H3,(H,72,85)(H,73,86)(H,74,87)(H,75,88)/t55-,56-,57-,58-,59-,60-,61-,62-,63-,64+,65+,66+,68+,69+,70+/m1/s1. The zero-order valence-electron chi connectivity index (χ0n) is 65.6. The molecule has 0 spiro atoms. The zero-order valence-corrected chi connectivity index (χ0v) is 65.6. The van der Waals surface area contributed by atoms with Gasteiger partial charge in [0.05, 0.1) is 256 Å². The Labute approximate surface area is 665 Å². The van der Waals surface area contributed by atoms with Crippen LogP contribution in [0.3, 0.4) is 0 Å². The number of nitrogens with one attached hydrogen (secondary N) is 4. The van der Waals surface area contributed by atoms with Gasteiger partial charge >= 0.3 is 0 Å². The highest BCUT2D eigenvalue weighted by Gasteiger charge is 2.62. The molecular weight excluding hydrogens is 1530 g/mol. The summed E-state index contributed by atoms with van der Waals surface area (Å²) in [5.41, 5.74) is 2.26.